The van der Waals surface area contributed by atoms with E-state index in [1.54, 1.807) is 54.7 Å². The lowest BCUT2D eigenvalue weighted by molar-refractivity contribution is 0.102. The lowest BCUT2D eigenvalue weighted by Crippen LogP contribution is -2.21. The summed E-state index contributed by atoms with van der Waals surface area (Å²) in [5.41, 5.74) is 0.0904. The van der Waals surface area contributed by atoms with Crippen LogP contribution in [0.1, 0.15) is 10.4 Å². The molecule has 2 heterocycles. The molecule has 0 aliphatic heterocycles. The Kier molecular flexibility index (Phi) is 4.14. The Morgan fingerprint density at radius 3 is 2.26 bits per heavy atom. The molecule has 4 rings (SSSR count). The molecular formula is C21H14N2O4. The number of pyridine rings is 1. The van der Waals surface area contributed by atoms with Crippen molar-refractivity contribution in [1.82, 2.24) is 4.57 Å². The van der Waals surface area contributed by atoms with Gasteiger partial charge in [0.1, 0.15) is 11.3 Å². The minimum Gasteiger partial charge on any atom is -0.421 e. The second kappa shape index (κ2) is 6.76. The van der Waals surface area contributed by atoms with Gasteiger partial charge in [0, 0.05) is 17.4 Å². The topological polar surface area (TPSA) is 81.3 Å². The van der Waals surface area contributed by atoms with Crippen molar-refractivity contribution in [3.63, 3.8) is 0 Å². The zero-order valence-electron chi connectivity index (χ0n) is 14.1. The quantitative estimate of drug-likeness (QED) is 0.610. The number of benzene rings is 2. The summed E-state index contributed by atoms with van der Waals surface area (Å²) in [5, 5.41) is 2.71. The first kappa shape index (κ1) is 16.5. The number of carbonyl (C=O) groups excluding carboxylic acids is 1. The van der Waals surface area contributed by atoms with E-state index in [0.29, 0.717) is 11.3 Å². The Labute approximate surface area is 153 Å². The zero-order chi connectivity index (χ0) is 18.8. The van der Waals surface area contributed by atoms with Gasteiger partial charge >= 0.3 is 5.63 Å². The maximum absolute atomic E-state index is 12.8. The Morgan fingerprint density at radius 2 is 1.56 bits per heavy atom. The molecule has 0 saturated heterocycles. The average Bonchev–Trinajstić information content (AvgIpc) is 2.70. The van der Waals surface area contributed by atoms with E-state index in [9.17, 15) is 14.4 Å². The van der Waals surface area contributed by atoms with Crippen LogP contribution in [0.2, 0.25) is 0 Å². The molecule has 0 saturated carbocycles. The number of aromatic nitrogens is 1. The minimum atomic E-state index is -0.719. The molecule has 0 aliphatic rings. The van der Waals surface area contributed by atoms with Crippen molar-refractivity contribution in [2.75, 3.05) is 5.32 Å². The van der Waals surface area contributed by atoms with Gasteiger partial charge in [-0.05, 0) is 36.4 Å². The van der Waals surface area contributed by atoms with Crippen LogP contribution in [0, 0.1) is 0 Å². The summed E-state index contributed by atoms with van der Waals surface area (Å²) in [6.07, 6.45) is 1.55. The predicted octanol–water partition coefficient (Wildman–Crippen LogP) is 3.20. The number of anilines is 1. The monoisotopic (exact) mass is 358 g/mol. The van der Waals surface area contributed by atoms with E-state index >= 15 is 0 Å². The highest BCUT2D eigenvalue weighted by molar-refractivity contribution is 6.04. The van der Waals surface area contributed by atoms with E-state index in [1.165, 1.54) is 10.6 Å². The Balaban J connectivity index is 1.80. The van der Waals surface area contributed by atoms with Crippen molar-refractivity contribution in [3.05, 3.63) is 105 Å². The molecule has 6 heteroatoms. The van der Waals surface area contributed by atoms with E-state index in [4.69, 9.17) is 4.42 Å². The normalized spacial score (nSPS) is 10.7. The van der Waals surface area contributed by atoms with E-state index < -0.39 is 11.5 Å². The van der Waals surface area contributed by atoms with Crippen molar-refractivity contribution >= 4 is 22.6 Å². The number of nitrogens with one attached hydrogen (secondary N) is 1. The van der Waals surface area contributed by atoms with Gasteiger partial charge in [0.2, 0.25) is 0 Å². The molecule has 132 valence electrons. The van der Waals surface area contributed by atoms with Crippen LogP contribution in [-0.4, -0.2) is 10.5 Å². The summed E-state index contributed by atoms with van der Waals surface area (Å²) in [7, 11) is 0. The molecule has 2 aromatic carbocycles. The smallest absolute Gasteiger partial charge is 0.360 e. The van der Waals surface area contributed by atoms with Gasteiger partial charge in [-0.15, -0.1) is 0 Å². The molecule has 1 amide bonds. The lowest BCUT2D eigenvalue weighted by atomic mass is 10.2. The third-order valence-corrected chi connectivity index (χ3v) is 4.12. The molecule has 0 atom stereocenters. The van der Waals surface area contributed by atoms with Crippen molar-refractivity contribution in [3.8, 4) is 5.69 Å². The number of fused-ring (bicyclic) bond motifs is 1. The van der Waals surface area contributed by atoms with E-state index in [0.717, 1.165) is 0 Å². The first-order valence-electron chi connectivity index (χ1n) is 8.25. The molecule has 27 heavy (non-hydrogen) atoms. The van der Waals surface area contributed by atoms with Gasteiger partial charge in [-0.1, -0.05) is 36.4 Å². The summed E-state index contributed by atoms with van der Waals surface area (Å²) in [4.78, 5) is 37.3. The maximum atomic E-state index is 12.8. The highest BCUT2D eigenvalue weighted by atomic mass is 16.4. The van der Waals surface area contributed by atoms with Crippen molar-refractivity contribution < 1.29 is 9.21 Å². The largest absolute Gasteiger partial charge is 0.421 e. The first-order valence-corrected chi connectivity index (χ1v) is 8.25. The Morgan fingerprint density at radius 1 is 0.889 bits per heavy atom. The van der Waals surface area contributed by atoms with Crippen LogP contribution < -0.4 is 16.5 Å². The summed E-state index contributed by atoms with van der Waals surface area (Å²) < 4.78 is 6.67. The average molecular weight is 358 g/mol. The molecular weight excluding hydrogens is 344 g/mol. The van der Waals surface area contributed by atoms with Gasteiger partial charge in [-0.25, -0.2) is 4.79 Å². The van der Waals surface area contributed by atoms with Gasteiger partial charge in [0.25, 0.3) is 11.5 Å². The SMILES string of the molecule is O=C(Nc1cc2c(=O)n(-c3ccccc3)ccc2oc1=O)c1ccccc1. The number of amides is 1. The van der Waals surface area contributed by atoms with Gasteiger partial charge < -0.3 is 9.73 Å². The molecule has 0 unspecified atom stereocenters. The third-order valence-electron chi connectivity index (χ3n) is 4.12. The molecule has 0 radical (unpaired) electrons. The van der Waals surface area contributed by atoms with Crippen molar-refractivity contribution in [2.24, 2.45) is 0 Å². The summed E-state index contributed by atoms with van der Waals surface area (Å²) in [5.74, 6) is -0.457. The van der Waals surface area contributed by atoms with Crippen LogP contribution in [0.15, 0.2) is 93.0 Å². The number of hydrogen-bond acceptors (Lipinski definition) is 4. The van der Waals surface area contributed by atoms with Gasteiger partial charge in [0.15, 0.2) is 0 Å². The van der Waals surface area contributed by atoms with Crippen LogP contribution in [0.5, 0.6) is 0 Å². The summed E-state index contributed by atoms with van der Waals surface area (Å²) in [6, 6.07) is 20.5. The standard InChI is InChI=1S/C21H14N2O4/c24-19(14-7-3-1-4-8-14)22-17-13-16-18(27-21(17)26)11-12-23(20(16)25)15-9-5-2-6-10-15/h1-13H,(H,22,24). The molecule has 2 aromatic heterocycles. The van der Waals surface area contributed by atoms with Crippen LogP contribution in [0.4, 0.5) is 5.69 Å². The van der Waals surface area contributed by atoms with Crippen LogP contribution >= 0.6 is 0 Å². The number of carbonyl (C=O) groups is 1. The molecule has 0 fully saturated rings. The van der Waals surface area contributed by atoms with Crippen LogP contribution in [-0.2, 0) is 0 Å². The first-order chi connectivity index (χ1) is 13.1. The second-order valence-corrected chi connectivity index (χ2v) is 5.87. The molecule has 0 bridgehead atoms. The fraction of sp³-hybridized carbons (Fsp3) is 0. The van der Waals surface area contributed by atoms with Gasteiger partial charge in [0.05, 0.1) is 5.39 Å². The molecule has 6 nitrogen and oxygen atoms in total. The second-order valence-electron chi connectivity index (χ2n) is 5.87. The van der Waals surface area contributed by atoms with Gasteiger partial charge in [-0.3, -0.25) is 14.2 Å². The highest BCUT2D eigenvalue weighted by Crippen LogP contribution is 2.14. The lowest BCUT2D eigenvalue weighted by Gasteiger charge is -2.08. The van der Waals surface area contributed by atoms with Crippen molar-refractivity contribution in [1.29, 1.82) is 0 Å². The van der Waals surface area contributed by atoms with Crippen LogP contribution in [0.3, 0.4) is 0 Å². The van der Waals surface area contributed by atoms with Crippen LogP contribution in [0.25, 0.3) is 16.7 Å². The Hall–Kier alpha value is -3.93. The molecule has 1 N–H and O–H groups in total. The number of para-hydroxylation sites is 1. The van der Waals surface area contributed by atoms with Crippen molar-refractivity contribution in [2.45, 2.75) is 0 Å². The molecule has 4 aromatic rings. The number of hydrogen-bond donors (Lipinski definition) is 1. The summed E-state index contributed by atoms with van der Waals surface area (Å²) in [6.45, 7) is 0. The van der Waals surface area contributed by atoms with E-state index in [2.05, 4.69) is 5.32 Å². The fourth-order valence-corrected chi connectivity index (χ4v) is 2.78. The number of rotatable bonds is 3. The predicted molar refractivity (Wildman–Crippen MR) is 102 cm³/mol. The molecule has 0 spiro atoms. The minimum absolute atomic E-state index is 0.0840. The fourth-order valence-electron chi connectivity index (χ4n) is 2.78. The van der Waals surface area contributed by atoms with Gasteiger partial charge in [-0.2, -0.15) is 0 Å². The van der Waals surface area contributed by atoms with E-state index in [1.807, 2.05) is 18.2 Å². The maximum Gasteiger partial charge on any atom is 0.360 e. The Bertz CT molecular complexity index is 1240. The summed E-state index contributed by atoms with van der Waals surface area (Å²) >= 11 is 0. The zero-order valence-corrected chi connectivity index (χ0v) is 14.1. The van der Waals surface area contributed by atoms with E-state index in [-0.39, 0.29) is 22.2 Å². The number of nitrogens with zero attached hydrogens (tertiary/aromatic N) is 1. The molecule has 0 aliphatic carbocycles. The third kappa shape index (κ3) is 3.16. The highest BCUT2D eigenvalue weighted by Gasteiger charge is 2.13.